The van der Waals surface area contributed by atoms with Gasteiger partial charge in [-0.25, -0.2) is 0 Å². The number of nitrogens with one attached hydrogen (secondary N) is 1. The van der Waals surface area contributed by atoms with E-state index in [-0.39, 0.29) is 0 Å². The van der Waals surface area contributed by atoms with E-state index in [0.717, 1.165) is 12.5 Å². The molecule has 1 rings (SSSR count). The quantitative estimate of drug-likeness (QED) is 0.719. The largest absolute Gasteiger partial charge is 0.362 e. The minimum Gasteiger partial charge on any atom is -0.362 e. The van der Waals surface area contributed by atoms with Gasteiger partial charge in [-0.1, -0.05) is 51.8 Å². The predicted molar refractivity (Wildman–Crippen MR) is 75.3 cm³/mol. The molecule has 1 heterocycles. The minimum atomic E-state index is 0.573. The van der Waals surface area contributed by atoms with Gasteiger partial charge in [0.1, 0.15) is 0 Å². The van der Waals surface area contributed by atoms with E-state index in [4.69, 9.17) is 0 Å². The standard InChI is InChI=1S/C13H26N2S/c1-5-6-7-8-11(4)15-13-14-9-12(16-13)10(2)3/h10-12H,5-9H2,1-4H3,(H,14,15). The van der Waals surface area contributed by atoms with E-state index in [9.17, 15) is 0 Å². The summed E-state index contributed by atoms with van der Waals surface area (Å²) in [7, 11) is 0. The van der Waals surface area contributed by atoms with Gasteiger partial charge < -0.3 is 5.32 Å². The highest BCUT2D eigenvalue weighted by molar-refractivity contribution is 8.14. The van der Waals surface area contributed by atoms with Gasteiger partial charge in [0.25, 0.3) is 0 Å². The van der Waals surface area contributed by atoms with Crippen LogP contribution in [-0.2, 0) is 0 Å². The molecule has 1 aliphatic rings. The molecular formula is C13H26N2S. The molecule has 0 saturated carbocycles. The fraction of sp³-hybridized carbons (Fsp3) is 0.923. The van der Waals surface area contributed by atoms with Crippen molar-refractivity contribution in [1.29, 1.82) is 0 Å². The van der Waals surface area contributed by atoms with Gasteiger partial charge in [0.05, 0.1) is 6.54 Å². The highest BCUT2D eigenvalue weighted by Gasteiger charge is 2.22. The first-order valence-corrected chi connectivity index (χ1v) is 7.49. The maximum absolute atomic E-state index is 4.58. The van der Waals surface area contributed by atoms with E-state index < -0.39 is 0 Å². The molecule has 0 aliphatic carbocycles. The number of hydrogen-bond donors (Lipinski definition) is 1. The Morgan fingerprint density at radius 3 is 2.69 bits per heavy atom. The Morgan fingerprint density at radius 2 is 2.12 bits per heavy atom. The van der Waals surface area contributed by atoms with Crippen LogP contribution in [0, 0.1) is 5.92 Å². The Balaban J connectivity index is 2.18. The van der Waals surface area contributed by atoms with Crippen LogP contribution in [0.2, 0.25) is 0 Å². The zero-order valence-electron chi connectivity index (χ0n) is 11.1. The van der Waals surface area contributed by atoms with Crippen molar-refractivity contribution in [2.24, 2.45) is 10.9 Å². The van der Waals surface area contributed by atoms with Crippen LogP contribution in [0.5, 0.6) is 0 Å². The smallest absolute Gasteiger partial charge is 0.157 e. The number of hydrogen-bond acceptors (Lipinski definition) is 3. The lowest BCUT2D eigenvalue weighted by Gasteiger charge is -2.16. The van der Waals surface area contributed by atoms with Crippen LogP contribution >= 0.6 is 11.8 Å². The van der Waals surface area contributed by atoms with E-state index in [1.807, 2.05) is 11.8 Å². The van der Waals surface area contributed by atoms with Crippen molar-refractivity contribution in [2.75, 3.05) is 6.54 Å². The minimum absolute atomic E-state index is 0.573. The summed E-state index contributed by atoms with van der Waals surface area (Å²) in [6.07, 6.45) is 5.24. The topological polar surface area (TPSA) is 24.4 Å². The van der Waals surface area contributed by atoms with Crippen LogP contribution in [0.4, 0.5) is 0 Å². The van der Waals surface area contributed by atoms with Crippen molar-refractivity contribution < 1.29 is 0 Å². The Labute approximate surface area is 105 Å². The first-order valence-electron chi connectivity index (χ1n) is 6.61. The van der Waals surface area contributed by atoms with Crippen molar-refractivity contribution in [3.63, 3.8) is 0 Å². The summed E-state index contributed by atoms with van der Waals surface area (Å²) in [6, 6.07) is 0.573. The van der Waals surface area contributed by atoms with E-state index >= 15 is 0 Å². The summed E-state index contributed by atoms with van der Waals surface area (Å²) in [4.78, 5) is 4.58. The maximum atomic E-state index is 4.58. The lowest BCUT2D eigenvalue weighted by Crippen LogP contribution is -2.30. The molecular weight excluding hydrogens is 216 g/mol. The Hall–Kier alpha value is -0.180. The average Bonchev–Trinajstić information content (AvgIpc) is 2.66. The van der Waals surface area contributed by atoms with Gasteiger partial charge >= 0.3 is 0 Å². The second-order valence-corrected chi connectivity index (χ2v) is 6.32. The molecule has 0 spiro atoms. The summed E-state index contributed by atoms with van der Waals surface area (Å²) in [5.74, 6) is 0.725. The molecule has 0 radical (unpaired) electrons. The fourth-order valence-electron chi connectivity index (χ4n) is 1.80. The zero-order valence-corrected chi connectivity index (χ0v) is 11.9. The third-order valence-corrected chi connectivity index (χ3v) is 4.50. The van der Waals surface area contributed by atoms with Crippen LogP contribution in [-0.4, -0.2) is 23.0 Å². The zero-order chi connectivity index (χ0) is 12.0. The van der Waals surface area contributed by atoms with Gasteiger partial charge in [-0.2, -0.15) is 0 Å². The monoisotopic (exact) mass is 242 g/mol. The molecule has 1 N–H and O–H groups in total. The van der Waals surface area contributed by atoms with Crippen LogP contribution in [0.15, 0.2) is 4.99 Å². The molecule has 2 atom stereocenters. The fourth-order valence-corrected chi connectivity index (χ4v) is 2.93. The highest BCUT2D eigenvalue weighted by Crippen LogP contribution is 2.26. The maximum Gasteiger partial charge on any atom is 0.157 e. The molecule has 16 heavy (non-hydrogen) atoms. The van der Waals surface area contributed by atoms with E-state index in [1.54, 1.807) is 0 Å². The number of amidine groups is 1. The van der Waals surface area contributed by atoms with Crippen molar-refractivity contribution >= 4 is 16.9 Å². The molecule has 0 aromatic heterocycles. The van der Waals surface area contributed by atoms with Gasteiger partial charge in [-0.3, -0.25) is 4.99 Å². The SMILES string of the molecule is CCCCCC(C)NC1=NCC(C(C)C)S1. The van der Waals surface area contributed by atoms with E-state index in [1.165, 1.54) is 30.9 Å². The number of unbranched alkanes of at least 4 members (excludes halogenated alkanes) is 2. The third kappa shape index (κ3) is 4.77. The molecule has 0 fully saturated rings. The molecule has 2 unspecified atom stereocenters. The Bertz CT molecular complexity index is 226. The van der Waals surface area contributed by atoms with Crippen LogP contribution in [0.25, 0.3) is 0 Å². The van der Waals surface area contributed by atoms with Gasteiger partial charge in [-0.15, -0.1) is 0 Å². The van der Waals surface area contributed by atoms with Gasteiger partial charge in [0, 0.05) is 11.3 Å². The third-order valence-electron chi connectivity index (χ3n) is 3.03. The molecule has 1 aliphatic heterocycles. The number of aliphatic imine (C=N–C) groups is 1. The van der Waals surface area contributed by atoms with Crippen molar-refractivity contribution in [1.82, 2.24) is 5.32 Å². The number of nitrogens with zero attached hydrogens (tertiary/aromatic N) is 1. The Morgan fingerprint density at radius 1 is 1.38 bits per heavy atom. The highest BCUT2D eigenvalue weighted by atomic mass is 32.2. The number of rotatable bonds is 6. The van der Waals surface area contributed by atoms with Gasteiger partial charge in [0.15, 0.2) is 5.17 Å². The summed E-state index contributed by atoms with van der Waals surface area (Å²) in [6.45, 7) is 10.1. The van der Waals surface area contributed by atoms with Gasteiger partial charge in [-0.05, 0) is 19.3 Å². The lowest BCUT2D eigenvalue weighted by atomic mass is 10.1. The van der Waals surface area contributed by atoms with Crippen molar-refractivity contribution in [3.05, 3.63) is 0 Å². The first-order chi connectivity index (χ1) is 7.63. The number of thioether (sulfide) groups is 1. The van der Waals surface area contributed by atoms with E-state index in [2.05, 4.69) is 38.0 Å². The Kier molecular flexibility index (Phi) is 6.25. The van der Waals surface area contributed by atoms with Crippen LogP contribution < -0.4 is 5.32 Å². The summed E-state index contributed by atoms with van der Waals surface area (Å²) in [5, 5.41) is 5.39. The molecule has 0 saturated heterocycles. The van der Waals surface area contributed by atoms with Gasteiger partial charge in [0.2, 0.25) is 0 Å². The average molecular weight is 242 g/mol. The van der Waals surface area contributed by atoms with E-state index in [0.29, 0.717) is 11.3 Å². The lowest BCUT2D eigenvalue weighted by molar-refractivity contribution is 0.556. The molecule has 0 aromatic rings. The first kappa shape index (κ1) is 13.9. The summed E-state index contributed by atoms with van der Waals surface area (Å²) < 4.78 is 0. The molecule has 0 bridgehead atoms. The second-order valence-electron chi connectivity index (χ2n) is 5.09. The normalized spacial score (nSPS) is 22.3. The molecule has 0 amide bonds. The predicted octanol–water partition coefficient (Wildman–Crippen LogP) is 3.67. The van der Waals surface area contributed by atoms with Crippen LogP contribution in [0.1, 0.15) is 53.4 Å². The second kappa shape index (κ2) is 7.21. The van der Waals surface area contributed by atoms with Crippen LogP contribution in [0.3, 0.4) is 0 Å². The molecule has 3 heteroatoms. The molecule has 2 nitrogen and oxygen atoms in total. The molecule has 94 valence electrons. The van der Waals surface area contributed by atoms with Crippen molar-refractivity contribution in [2.45, 2.75) is 64.7 Å². The van der Waals surface area contributed by atoms with Crippen molar-refractivity contribution in [3.8, 4) is 0 Å². The summed E-state index contributed by atoms with van der Waals surface area (Å²) in [5.41, 5.74) is 0. The summed E-state index contributed by atoms with van der Waals surface area (Å²) >= 11 is 1.93. The molecule has 0 aromatic carbocycles.